The lowest BCUT2D eigenvalue weighted by molar-refractivity contribution is -0.119. The number of nitrogens with two attached hydrogens (primary N) is 1. The lowest BCUT2D eigenvalue weighted by Gasteiger charge is -2.10. The van der Waals surface area contributed by atoms with Gasteiger partial charge >= 0.3 is 0 Å². The van der Waals surface area contributed by atoms with Crippen molar-refractivity contribution in [1.29, 1.82) is 0 Å². The van der Waals surface area contributed by atoms with Crippen LogP contribution in [0.15, 0.2) is 47.6 Å². The Labute approximate surface area is 149 Å². The van der Waals surface area contributed by atoms with E-state index in [-0.39, 0.29) is 13.4 Å². The quantitative estimate of drug-likeness (QED) is 0.601. The summed E-state index contributed by atoms with van der Waals surface area (Å²) in [6.07, 6.45) is 0. The second-order valence-electron chi connectivity index (χ2n) is 5.46. The summed E-state index contributed by atoms with van der Waals surface area (Å²) in [5.41, 5.74) is 9.13. The topological polar surface area (TPSA) is 112 Å². The van der Waals surface area contributed by atoms with Crippen LogP contribution in [0, 0.1) is 0 Å². The SMILES string of the molecule is C/C(=N/NC(=O)c1ccc2c(c1)OCO2)c1ccccc1OCC(N)=O. The molecule has 0 atom stereocenters. The summed E-state index contributed by atoms with van der Waals surface area (Å²) in [6, 6.07) is 11.9. The summed E-state index contributed by atoms with van der Waals surface area (Å²) < 4.78 is 15.8. The average molecular weight is 355 g/mol. The zero-order chi connectivity index (χ0) is 18.5. The summed E-state index contributed by atoms with van der Waals surface area (Å²) in [5.74, 6) is 0.596. The Balaban J connectivity index is 1.72. The summed E-state index contributed by atoms with van der Waals surface area (Å²) in [4.78, 5) is 23.2. The van der Waals surface area contributed by atoms with Gasteiger partial charge in [-0.15, -0.1) is 0 Å². The largest absolute Gasteiger partial charge is 0.483 e. The highest BCUT2D eigenvalue weighted by molar-refractivity contribution is 6.02. The minimum absolute atomic E-state index is 0.139. The molecule has 3 rings (SSSR count). The molecule has 2 aromatic rings. The predicted molar refractivity (Wildman–Crippen MR) is 93.4 cm³/mol. The third-order valence-corrected chi connectivity index (χ3v) is 3.61. The number of carbonyl (C=O) groups excluding carboxylic acids is 2. The fourth-order valence-corrected chi connectivity index (χ4v) is 2.34. The van der Waals surface area contributed by atoms with Gasteiger partial charge in [0.05, 0.1) is 5.71 Å². The van der Waals surface area contributed by atoms with E-state index in [9.17, 15) is 9.59 Å². The molecule has 0 aliphatic carbocycles. The first-order valence-corrected chi connectivity index (χ1v) is 7.79. The molecular formula is C18H17N3O5. The molecule has 0 unspecified atom stereocenters. The monoisotopic (exact) mass is 355 g/mol. The van der Waals surface area contributed by atoms with Crippen molar-refractivity contribution in [3.63, 3.8) is 0 Å². The molecule has 8 heteroatoms. The van der Waals surface area contributed by atoms with E-state index < -0.39 is 11.8 Å². The zero-order valence-electron chi connectivity index (χ0n) is 14.0. The molecule has 1 aliphatic rings. The first-order chi connectivity index (χ1) is 12.5. The number of carbonyl (C=O) groups is 2. The molecule has 0 fully saturated rings. The number of nitrogens with one attached hydrogen (secondary N) is 1. The van der Waals surface area contributed by atoms with E-state index in [2.05, 4.69) is 10.5 Å². The molecule has 1 aliphatic heterocycles. The van der Waals surface area contributed by atoms with Crippen LogP contribution in [0.5, 0.6) is 17.2 Å². The standard InChI is InChI=1S/C18H17N3O5/c1-11(13-4-2-3-5-14(13)24-9-17(19)22)20-21-18(23)12-6-7-15-16(8-12)26-10-25-15/h2-8H,9-10H2,1H3,(H2,19,22)(H,21,23)/b20-11-. The van der Waals surface area contributed by atoms with Gasteiger partial charge in [-0.1, -0.05) is 12.1 Å². The van der Waals surface area contributed by atoms with Crippen molar-refractivity contribution < 1.29 is 23.8 Å². The van der Waals surface area contributed by atoms with Crippen molar-refractivity contribution in [3.8, 4) is 17.2 Å². The van der Waals surface area contributed by atoms with Crippen molar-refractivity contribution in [2.45, 2.75) is 6.92 Å². The molecular weight excluding hydrogens is 338 g/mol. The maximum absolute atomic E-state index is 12.3. The lowest BCUT2D eigenvalue weighted by atomic mass is 10.1. The van der Waals surface area contributed by atoms with E-state index in [1.54, 1.807) is 49.4 Å². The normalized spacial score (nSPS) is 12.6. The van der Waals surface area contributed by atoms with Crippen LogP contribution in [0.4, 0.5) is 0 Å². The molecule has 0 aromatic heterocycles. The molecule has 8 nitrogen and oxygen atoms in total. The number of ether oxygens (including phenoxy) is 3. The van der Waals surface area contributed by atoms with E-state index in [4.69, 9.17) is 19.9 Å². The van der Waals surface area contributed by atoms with Gasteiger partial charge in [0.1, 0.15) is 5.75 Å². The highest BCUT2D eigenvalue weighted by Gasteiger charge is 2.16. The third kappa shape index (κ3) is 3.92. The number of benzene rings is 2. The van der Waals surface area contributed by atoms with E-state index in [1.807, 2.05) is 0 Å². The second kappa shape index (κ2) is 7.56. The van der Waals surface area contributed by atoms with Crippen LogP contribution in [0.2, 0.25) is 0 Å². The van der Waals surface area contributed by atoms with Crippen molar-refractivity contribution in [3.05, 3.63) is 53.6 Å². The third-order valence-electron chi connectivity index (χ3n) is 3.61. The molecule has 2 aromatic carbocycles. The van der Waals surface area contributed by atoms with Crippen LogP contribution in [0.25, 0.3) is 0 Å². The van der Waals surface area contributed by atoms with Crippen LogP contribution in [0.1, 0.15) is 22.8 Å². The number of fused-ring (bicyclic) bond motifs is 1. The molecule has 134 valence electrons. The Morgan fingerprint density at radius 3 is 2.77 bits per heavy atom. The minimum Gasteiger partial charge on any atom is -0.483 e. The molecule has 0 saturated carbocycles. The summed E-state index contributed by atoms with van der Waals surface area (Å²) in [6.45, 7) is 1.61. The highest BCUT2D eigenvalue weighted by atomic mass is 16.7. The predicted octanol–water partition coefficient (Wildman–Crippen LogP) is 1.43. The van der Waals surface area contributed by atoms with Gasteiger partial charge in [0, 0.05) is 11.1 Å². The van der Waals surface area contributed by atoms with E-state index in [1.165, 1.54) is 0 Å². The first kappa shape index (κ1) is 17.3. The maximum Gasteiger partial charge on any atom is 0.271 e. The Kier molecular flexibility index (Phi) is 5.02. The van der Waals surface area contributed by atoms with Gasteiger partial charge in [-0.25, -0.2) is 5.43 Å². The molecule has 1 heterocycles. The zero-order valence-corrected chi connectivity index (χ0v) is 14.0. The van der Waals surface area contributed by atoms with Crippen molar-refractivity contribution in [2.24, 2.45) is 10.8 Å². The Morgan fingerprint density at radius 1 is 1.19 bits per heavy atom. The van der Waals surface area contributed by atoms with Gasteiger partial charge in [-0.3, -0.25) is 9.59 Å². The number of nitrogens with zero attached hydrogens (tertiary/aromatic N) is 1. The lowest BCUT2D eigenvalue weighted by Crippen LogP contribution is -2.21. The summed E-state index contributed by atoms with van der Waals surface area (Å²) >= 11 is 0. The van der Waals surface area contributed by atoms with Gasteiger partial charge in [0.2, 0.25) is 6.79 Å². The van der Waals surface area contributed by atoms with Crippen molar-refractivity contribution >= 4 is 17.5 Å². The van der Waals surface area contributed by atoms with Crippen LogP contribution in [-0.4, -0.2) is 30.9 Å². The fraction of sp³-hybridized carbons (Fsp3) is 0.167. The van der Waals surface area contributed by atoms with Gasteiger partial charge in [-0.05, 0) is 37.3 Å². The molecule has 0 saturated heterocycles. The number of amides is 2. The molecule has 26 heavy (non-hydrogen) atoms. The van der Waals surface area contributed by atoms with Crippen LogP contribution in [-0.2, 0) is 4.79 Å². The number of hydrogen-bond donors (Lipinski definition) is 2. The number of primary amides is 1. The Morgan fingerprint density at radius 2 is 1.96 bits per heavy atom. The van der Waals surface area contributed by atoms with Gasteiger partial charge in [-0.2, -0.15) is 5.10 Å². The summed E-state index contributed by atoms with van der Waals surface area (Å²) in [5, 5.41) is 4.10. The van der Waals surface area contributed by atoms with Gasteiger partial charge < -0.3 is 19.9 Å². The van der Waals surface area contributed by atoms with Gasteiger partial charge in [0.25, 0.3) is 11.8 Å². The Bertz CT molecular complexity index is 879. The number of hydrogen-bond acceptors (Lipinski definition) is 6. The average Bonchev–Trinajstić information content (AvgIpc) is 3.12. The Hall–Kier alpha value is -3.55. The smallest absolute Gasteiger partial charge is 0.271 e. The highest BCUT2D eigenvalue weighted by Crippen LogP contribution is 2.32. The molecule has 0 spiro atoms. The molecule has 3 N–H and O–H groups in total. The number of para-hydroxylation sites is 1. The molecule has 0 radical (unpaired) electrons. The minimum atomic E-state index is -0.578. The fourth-order valence-electron chi connectivity index (χ4n) is 2.34. The van der Waals surface area contributed by atoms with Crippen molar-refractivity contribution in [1.82, 2.24) is 5.43 Å². The van der Waals surface area contributed by atoms with Crippen LogP contribution >= 0.6 is 0 Å². The molecule has 0 bridgehead atoms. The first-order valence-electron chi connectivity index (χ1n) is 7.79. The van der Waals surface area contributed by atoms with Crippen molar-refractivity contribution in [2.75, 3.05) is 13.4 Å². The second-order valence-corrected chi connectivity index (χ2v) is 5.46. The number of hydrazone groups is 1. The van der Waals surface area contributed by atoms with Gasteiger partial charge in [0.15, 0.2) is 18.1 Å². The van der Waals surface area contributed by atoms with Crippen LogP contribution < -0.4 is 25.4 Å². The van der Waals surface area contributed by atoms with E-state index >= 15 is 0 Å². The van der Waals surface area contributed by atoms with E-state index in [0.717, 1.165) is 0 Å². The van der Waals surface area contributed by atoms with E-state index in [0.29, 0.717) is 34.1 Å². The maximum atomic E-state index is 12.3. The molecule has 2 amide bonds. The summed E-state index contributed by atoms with van der Waals surface area (Å²) in [7, 11) is 0. The van der Waals surface area contributed by atoms with Crippen LogP contribution in [0.3, 0.4) is 0 Å². The number of rotatable bonds is 6.